The van der Waals surface area contributed by atoms with Gasteiger partial charge in [0.05, 0.1) is 6.04 Å². The van der Waals surface area contributed by atoms with Gasteiger partial charge < -0.3 is 35.5 Å². The first kappa shape index (κ1) is 50.3. The first-order chi connectivity index (χ1) is 29.7. The highest BCUT2D eigenvalue weighted by molar-refractivity contribution is 6.01. The number of unbranched alkanes of at least 4 members (excludes halogenated alkanes) is 1. The minimum Gasteiger partial charge on any atom is -0.352 e. The summed E-state index contributed by atoms with van der Waals surface area (Å²) in [6, 6.07) is 3.02. The van der Waals surface area contributed by atoms with E-state index in [4.69, 9.17) is 4.84 Å². The maximum Gasteiger partial charge on any atom is 0.333 e. The molecule has 1 aromatic carbocycles. The molecule has 348 valence electrons. The van der Waals surface area contributed by atoms with Crippen molar-refractivity contribution in [3.05, 3.63) is 35.4 Å². The molecule has 3 heterocycles. The van der Waals surface area contributed by atoms with Gasteiger partial charge in [-0.3, -0.25) is 43.3 Å². The first-order valence-corrected chi connectivity index (χ1v) is 22.3. The van der Waals surface area contributed by atoms with E-state index in [1.165, 1.54) is 4.90 Å². The molecule has 0 aromatic heterocycles. The van der Waals surface area contributed by atoms with Crippen molar-refractivity contribution < 1.29 is 48.0 Å². The second-order valence-electron chi connectivity index (χ2n) is 18.1. The number of hydrogen-bond donors (Lipinski definition) is 3. The van der Waals surface area contributed by atoms with Crippen LogP contribution in [0.3, 0.4) is 0 Å². The lowest BCUT2D eigenvalue weighted by Crippen LogP contribution is -2.61. The average molecular weight is 881 g/mol. The fourth-order valence-electron chi connectivity index (χ4n) is 8.68. The van der Waals surface area contributed by atoms with Crippen LogP contribution in [0.25, 0.3) is 0 Å². The number of imide groups is 1. The molecule has 0 bridgehead atoms. The molecule has 0 saturated carbocycles. The Morgan fingerprint density at radius 1 is 0.746 bits per heavy atom. The van der Waals surface area contributed by atoms with Crippen LogP contribution in [-0.4, -0.2) is 149 Å². The maximum absolute atomic E-state index is 14.4. The Kier molecular flexibility index (Phi) is 18.2. The fourth-order valence-corrected chi connectivity index (χ4v) is 8.68. The summed E-state index contributed by atoms with van der Waals surface area (Å²) in [7, 11) is 5.22. The van der Waals surface area contributed by atoms with E-state index >= 15 is 0 Å². The van der Waals surface area contributed by atoms with Gasteiger partial charge in [0.25, 0.3) is 17.7 Å². The number of likely N-dealkylation sites (N-methyl/N-ethyl adjacent to an activating group) is 2. The molecular weight excluding hydrogens is 813 g/mol. The lowest BCUT2D eigenvalue weighted by Gasteiger charge is -2.38. The van der Waals surface area contributed by atoms with E-state index < -0.39 is 48.0 Å². The summed E-state index contributed by atoms with van der Waals surface area (Å²) >= 11 is 0. The van der Waals surface area contributed by atoms with Crippen molar-refractivity contribution in [2.24, 2.45) is 17.8 Å². The normalized spacial score (nSPS) is 19.2. The van der Waals surface area contributed by atoms with Gasteiger partial charge in [0, 0.05) is 58.1 Å². The summed E-state index contributed by atoms with van der Waals surface area (Å²) < 4.78 is 0. The van der Waals surface area contributed by atoms with Crippen LogP contribution in [0.2, 0.25) is 0 Å². The SMILES string of the molecule is CC(C)C(NC(=O)C(C(C)C)N(C)C)C(=O)N(C)C(C(=O)N1CCCC1C(=O)N1CCCC1C(=O)NCc1ccc(C(=O)NCCCCC(=O)ON2C(=O)CCC2=O)cc1)C(C)C. The summed E-state index contributed by atoms with van der Waals surface area (Å²) in [6.07, 6.45) is 3.00. The Morgan fingerprint density at radius 2 is 1.33 bits per heavy atom. The monoisotopic (exact) mass is 881 g/mol. The summed E-state index contributed by atoms with van der Waals surface area (Å²) in [5.41, 5.74) is 1.15. The Morgan fingerprint density at radius 3 is 1.90 bits per heavy atom. The maximum atomic E-state index is 14.4. The van der Waals surface area contributed by atoms with Crippen molar-refractivity contribution in [3.63, 3.8) is 0 Å². The van der Waals surface area contributed by atoms with E-state index in [2.05, 4.69) is 16.0 Å². The summed E-state index contributed by atoms with van der Waals surface area (Å²) in [5.74, 6) is -4.25. The number of hydroxylamine groups is 2. The molecule has 3 aliphatic rings. The van der Waals surface area contributed by atoms with Gasteiger partial charge in [0.1, 0.15) is 24.2 Å². The number of likely N-dealkylation sites (tertiary alicyclic amines) is 2. The van der Waals surface area contributed by atoms with Crippen LogP contribution < -0.4 is 16.0 Å². The minimum absolute atomic E-state index is 0.000971. The zero-order chi connectivity index (χ0) is 46.7. The van der Waals surface area contributed by atoms with Gasteiger partial charge in [-0.25, -0.2) is 4.79 Å². The Hall–Kier alpha value is -5.39. The number of amides is 8. The molecule has 1 aromatic rings. The molecule has 4 rings (SSSR count). The smallest absolute Gasteiger partial charge is 0.333 e. The number of nitrogens with one attached hydrogen (secondary N) is 3. The number of carbonyl (C=O) groups excluding carboxylic acids is 9. The molecular formula is C45H68N8O10. The van der Waals surface area contributed by atoms with E-state index in [1.54, 1.807) is 41.1 Å². The summed E-state index contributed by atoms with van der Waals surface area (Å²) in [5, 5.41) is 9.18. The van der Waals surface area contributed by atoms with E-state index in [0.29, 0.717) is 68.8 Å². The van der Waals surface area contributed by atoms with Gasteiger partial charge >= 0.3 is 5.97 Å². The van der Waals surface area contributed by atoms with Crippen LogP contribution in [0.4, 0.5) is 0 Å². The van der Waals surface area contributed by atoms with Crippen LogP contribution in [0.5, 0.6) is 0 Å². The van der Waals surface area contributed by atoms with Crippen molar-refractivity contribution in [1.29, 1.82) is 0 Å². The predicted molar refractivity (Wildman–Crippen MR) is 232 cm³/mol. The minimum atomic E-state index is -0.888. The third-order valence-electron chi connectivity index (χ3n) is 12.0. The van der Waals surface area contributed by atoms with Gasteiger partial charge in [-0.1, -0.05) is 53.7 Å². The molecule has 0 radical (unpaired) electrons. The standard InChI is InChI=1S/C45H68N8O10/c1-27(2)37(48-42(59)38(28(3)4)49(7)8)44(61)50(9)39(29(5)6)45(62)52-25-13-15-33(52)43(60)51-24-12-14-32(51)41(58)47-26-30-17-19-31(20-18-30)40(57)46-23-11-10-16-36(56)63-53-34(54)21-22-35(53)55/h17-20,27-29,32-33,37-39H,10-16,21-26H2,1-9H3,(H,46,57)(H,47,58)(H,48,59). The molecule has 3 N–H and O–H groups in total. The van der Waals surface area contributed by atoms with E-state index in [0.717, 1.165) is 5.56 Å². The highest BCUT2D eigenvalue weighted by Crippen LogP contribution is 2.28. The summed E-state index contributed by atoms with van der Waals surface area (Å²) in [6.45, 7) is 12.5. The third kappa shape index (κ3) is 12.9. The highest BCUT2D eigenvalue weighted by Gasteiger charge is 2.46. The van der Waals surface area contributed by atoms with Crippen molar-refractivity contribution >= 4 is 53.2 Å². The predicted octanol–water partition coefficient (Wildman–Crippen LogP) is 2.00. The van der Waals surface area contributed by atoms with Crippen molar-refractivity contribution in [2.75, 3.05) is 40.8 Å². The molecule has 3 aliphatic heterocycles. The molecule has 0 spiro atoms. The Bertz CT molecular complexity index is 1830. The van der Waals surface area contributed by atoms with Gasteiger partial charge in [-0.15, -0.1) is 5.06 Å². The second kappa shape index (κ2) is 22.8. The molecule has 3 fully saturated rings. The van der Waals surface area contributed by atoms with Gasteiger partial charge in [-0.2, -0.15) is 0 Å². The van der Waals surface area contributed by atoms with Crippen molar-refractivity contribution in [1.82, 2.24) is 40.6 Å². The molecule has 0 aliphatic carbocycles. The Labute approximate surface area is 371 Å². The topological polar surface area (TPSA) is 215 Å². The lowest BCUT2D eigenvalue weighted by molar-refractivity contribution is -0.197. The van der Waals surface area contributed by atoms with Crippen molar-refractivity contribution in [3.8, 4) is 0 Å². The van der Waals surface area contributed by atoms with Crippen molar-refractivity contribution in [2.45, 2.75) is 136 Å². The number of benzene rings is 1. The second-order valence-corrected chi connectivity index (χ2v) is 18.1. The zero-order valence-corrected chi connectivity index (χ0v) is 38.4. The first-order valence-electron chi connectivity index (χ1n) is 22.3. The molecule has 5 atom stereocenters. The van der Waals surface area contributed by atoms with Gasteiger partial charge in [0.2, 0.25) is 29.5 Å². The van der Waals surface area contributed by atoms with E-state index in [-0.39, 0.29) is 79.0 Å². The lowest BCUT2D eigenvalue weighted by atomic mass is 9.96. The zero-order valence-electron chi connectivity index (χ0n) is 38.4. The third-order valence-corrected chi connectivity index (χ3v) is 12.0. The largest absolute Gasteiger partial charge is 0.352 e. The number of carbonyl (C=O) groups is 9. The number of rotatable bonds is 20. The summed E-state index contributed by atoms with van der Waals surface area (Å²) in [4.78, 5) is 129. The van der Waals surface area contributed by atoms with Crippen LogP contribution in [-0.2, 0) is 49.7 Å². The molecule has 3 saturated heterocycles. The Balaban J connectivity index is 1.29. The molecule has 18 nitrogen and oxygen atoms in total. The van der Waals surface area contributed by atoms with Gasteiger partial charge in [0.15, 0.2) is 0 Å². The van der Waals surface area contributed by atoms with Gasteiger partial charge in [-0.05, 0) is 88.1 Å². The fraction of sp³-hybridized carbons (Fsp3) is 0.667. The quantitative estimate of drug-likeness (QED) is 0.127. The van der Waals surface area contributed by atoms with E-state index in [9.17, 15) is 43.2 Å². The van der Waals surface area contributed by atoms with E-state index in [1.807, 2.05) is 60.5 Å². The highest BCUT2D eigenvalue weighted by atomic mass is 16.7. The number of hydrogen-bond acceptors (Lipinski definition) is 11. The van der Waals surface area contributed by atoms with Crippen LogP contribution in [0.1, 0.15) is 115 Å². The van der Waals surface area contributed by atoms with Crippen LogP contribution in [0.15, 0.2) is 24.3 Å². The number of nitrogens with zero attached hydrogens (tertiary/aromatic N) is 5. The molecule has 63 heavy (non-hydrogen) atoms. The molecule has 5 unspecified atom stereocenters. The molecule has 8 amide bonds. The van der Waals surface area contributed by atoms with Crippen LogP contribution in [0, 0.1) is 17.8 Å². The van der Waals surface area contributed by atoms with Crippen LogP contribution >= 0.6 is 0 Å². The molecule has 18 heteroatoms. The average Bonchev–Trinajstić information content (AvgIpc) is 3.99.